The number of carbonyl (C=O) groups excluding carboxylic acids is 1. The van der Waals surface area contributed by atoms with Gasteiger partial charge in [0.05, 0.1) is 16.9 Å². The van der Waals surface area contributed by atoms with Crippen molar-refractivity contribution in [1.82, 2.24) is 15.0 Å². The molecule has 32 heavy (non-hydrogen) atoms. The maximum atomic E-state index is 12.1. The molecule has 3 aromatic rings. The van der Waals surface area contributed by atoms with E-state index in [-0.39, 0.29) is 17.9 Å². The molecule has 3 heterocycles. The number of nitrogens with zero attached hydrogens (tertiary/aromatic N) is 4. The Labute approximate surface area is 187 Å². The first-order valence-corrected chi connectivity index (χ1v) is 11.8. The van der Waals surface area contributed by atoms with E-state index in [1.165, 1.54) is 35.2 Å². The van der Waals surface area contributed by atoms with Crippen molar-refractivity contribution in [1.29, 1.82) is 0 Å². The Morgan fingerprint density at radius 2 is 1.97 bits per heavy atom. The second kappa shape index (κ2) is 7.81. The Hall–Kier alpha value is -3.06. The van der Waals surface area contributed by atoms with Crippen molar-refractivity contribution >= 4 is 28.4 Å². The van der Waals surface area contributed by atoms with Crippen LogP contribution < -0.4 is 16.0 Å². The van der Waals surface area contributed by atoms with Gasteiger partial charge in [-0.05, 0) is 68.7 Å². The fraction of sp³-hybridized carbons (Fsp3) is 0.440. The fourth-order valence-corrected chi connectivity index (χ4v) is 5.05. The van der Waals surface area contributed by atoms with Crippen molar-refractivity contribution in [2.24, 2.45) is 11.7 Å². The number of carbonyl (C=O) groups is 1. The molecule has 0 radical (unpaired) electrons. The van der Waals surface area contributed by atoms with Gasteiger partial charge in [0.2, 0.25) is 11.9 Å². The number of nitrogens with two attached hydrogens (primary N) is 1. The zero-order chi connectivity index (χ0) is 21.7. The third-order valence-electron chi connectivity index (χ3n) is 6.91. The van der Waals surface area contributed by atoms with Crippen molar-refractivity contribution < 1.29 is 4.79 Å². The topological polar surface area (TPSA) is 97.0 Å². The van der Waals surface area contributed by atoms with Gasteiger partial charge in [0.1, 0.15) is 0 Å². The summed E-state index contributed by atoms with van der Waals surface area (Å²) in [5.74, 6) is 0.507. The minimum absolute atomic E-state index is 0.0177. The molecule has 2 aliphatic carbocycles. The summed E-state index contributed by atoms with van der Waals surface area (Å²) in [7, 11) is 0. The summed E-state index contributed by atoms with van der Waals surface area (Å²) in [5.41, 5.74) is 13.1. The number of aromatic nitrogens is 3. The second-order valence-electron chi connectivity index (χ2n) is 9.35. The van der Waals surface area contributed by atoms with Crippen molar-refractivity contribution in [3.8, 4) is 11.3 Å². The van der Waals surface area contributed by atoms with Gasteiger partial charge in [0, 0.05) is 47.9 Å². The maximum Gasteiger partial charge on any atom is 0.229 e. The number of amides is 1. The first-order chi connectivity index (χ1) is 15.7. The summed E-state index contributed by atoms with van der Waals surface area (Å²) in [5, 5.41) is 4.02. The van der Waals surface area contributed by atoms with E-state index >= 15 is 0 Å². The lowest BCUT2D eigenvalue weighted by Gasteiger charge is -2.28. The molecule has 3 aliphatic rings. The zero-order valence-electron chi connectivity index (χ0n) is 18.2. The van der Waals surface area contributed by atoms with E-state index in [1.54, 1.807) is 6.20 Å². The van der Waals surface area contributed by atoms with Gasteiger partial charge in [-0.15, -0.1) is 0 Å². The van der Waals surface area contributed by atoms with Crippen LogP contribution in [0.25, 0.3) is 22.2 Å². The molecule has 2 aromatic heterocycles. The lowest BCUT2D eigenvalue weighted by Crippen LogP contribution is -2.28. The number of anilines is 2. The molecule has 2 fully saturated rings. The number of hydrogen-bond acceptors (Lipinski definition) is 6. The molecule has 6 rings (SSSR count). The molecule has 1 atom stereocenters. The number of pyridine rings is 1. The van der Waals surface area contributed by atoms with Crippen LogP contribution in [-0.4, -0.2) is 40.0 Å². The highest BCUT2D eigenvalue weighted by atomic mass is 16.2. The number of hydrogen-bond donors (Lipinski definition) is 2. The van der Waals surface area contributed by atoms with Gasteiger partial charge in [-0.2, -0.15) is 0 Å². The van der Waals surface area contributed by atoms with E-state index in [4.69, 9.17) is 10.7 Å². The van der Waals surface area contributed by atoms with Crippen LogP contribution in [0.4, 0.5) is 11.6 Å². The van der Waals surface area contributed by atoms with Gasteiger partial charge in [-0.3, -0.25) is 15.1 Å². The molecule has 1 aromatic carbocycles. The Bertz CT molecular complexity index is 1200. The van der Waals surface area contributed by atoms with E-state index in [9.17, 15) is 4.79 Å². The van der Waals surface area contributed by atoms with Crippen LogP contribution >= 0.6 is 0 Å². The Kier molecular flexibility index (Phi) is 4.79. The molecule has 0 spiro atoms. The van der Waals surface area contributed by atoms with Gasteiger partial charge < -0.3 is 10.6 Å². The third-order valence-corrected chi connectivity index (χ3v) is 6.91. The van der Waals surface area contributed by atoms with Crippen molar-refractivity contribution in [2.75, 3.05) is 23.3 Å². The molecule has 1 saturated heterocycles. The van der Waals surface area contributed by atoms with Gasteiger partial charge >= 0.3 is 0 Å². The van der Waals surface area contributed by atoms with Gasteiger partial charge in [0.15, 0.2) is 0 Å². The lowest BCUT2D eigenvalue weighted by molar-refractivity contribution is -0.117. The minimum Gasteiger partial charge on any atom is -0.369 e. The first-order valence-electron chi connectivity index (χ1n) is 11.8. The third kappa shape index (κ3) is 3.60. The van der Waals surface area contributed by atoms with E-state index in [0.29, 0.717) is 5.95 Å². The van der Waals surface area contributed by atoms with Gasteiger partial charge in [-0.1, -0.05) is 6.07 Å². The normalized spacial score (nSPS) is 20.4. The van der Waals surface area contributed by atoms with Crippen LogP contribution in [0.3, 0.4) is 0 Å². The maximum absolute atomic E-state index is 12.1. The predicted molar refractivity (Wildman–Crippen MR) is 126 cm³/mol. The van der Waals surface area contributed by atoms with Crippen LogP contribution in [0.2, 0.25) is 0 Å². The molecule has 1 amide bonds. The molecule has 164 valence electrons. The summed E-state index contributed by atoms with van der Waals surface area (Å²) in [6.07, 6.45) is 9.19. The highest BCUT2D eigenvalue weighted by Gasteiger charge is 2.30. The average Bonchev–Trinajstić information content (AvgIpc) is 3.58. The average molecular weight is 429 g/mol. The van der Waals surface area contributed by atoms with Crippen molar-refractivity contribution in [3.05, 3.63) is 41.7 Å². The predicted octanol–water partition coefficient (Wildman–Crippen LogP) is 3.46. The monoisotopic (exact) mass is 428 g/mol. The molecule has 0 bridgehead atoms. The fourth-order valence-electron chi connectivity index (χ4n) is 5.05. The zero-order valence-corrected chi connectivity index (χ0v) is 18.2. The lowest BCUT2D eigenvalue weighted by atomic mass is 9.91. The SMILES string of the molecule is N[C@H]1CCN(c2c3c(nc4ccc(-c5ccnc(NC(=O)C6CC6)n5)cc24)CCCC3)C1. The van der Waals surface area contributed by atoms with E-state index in [0.717, 1.165) is 62.0 Å². The summed E-state index contributed by atoms with van der Waals surface area (Å²) in [6.45, 7) is 1.88. The van der Waals surface area contributed by atoms with Crippen molar-refractivity contribution in [2.45, 2.75) is 51.0 Å². The molecule has 0 unspecified atom stereocenters. The Balaban J connectivity index is 1.43. The van der Waals surface area contributed by atoms with Crippen LogP contribution in [0.1, 0.15) is 43.4 Å². The number of benzene rings is 1. The molecular formula is C25H28N6O. The quantitative estimate of drug-likeness (QED) is 0.661. The van der Waals surface area contributed by atoms with Crippen LogP contribution in [0, 0.1) is 5.92 Å². The largest absolute Gasteiger partial charge is 0.369 e. The van der Waals surface area contributed by atoms with Crippen molar-refractivity contribution in [3.63, 3.8) is 0 Å². The molecule has 3 N–H and O–H groups in total. The highest BCUT2D eigenvalue weighted by molar-refractivity contribution is 5.97. The number of nitrogens with one attached hydrogen (secondary N) is 1. The van der Waals surface area contributed by atoms with E-state index in [1.807, 2.05) is 6.07 Å². The molecular weight excluding hydrogens is 400 g/mol. The summed E-state index contributed by atoms with van der Waals surface area (Å²) < 4.78 is 0. The molecule has 1 aliphatic heterocycles. The Morgan fingerprint density at radius 1 is 1.09 bits per heavy atom. The molecule has 7 heteroatoms. The first kappa shape index (κ1) is 19.6. The van der Waals surface area contributed by atoms with E-state index < -0.39 is 0 Å². The second-order valence-corrected chi connectivity index (χ2v) is 9.35. The van der Waals surface area contributed by atoms with Crippen LogP contribution in [0.15, 0.2) is 30.5 Å². The van der Waals surface area contributed by atoms with Gasteiger partial charge in [0.25, 0.3) is 0 Å². The summed E-state index contributed by atoms with van der Waals surface area (Å²) >= 11 is 0. The molecule has 7 nitrogen and oxygen atoms in total. The minimum atomic E-state index is 0.0177. The summed E-state index contributed by atoms with van der Waals surface area (Å²) in [6, 6.07) is 8.49. The smallest absolute Gasteiger partial charge is 0.229 e. The number of aryl methyl sites for hydroxylation is 1. The van der Waals surface area contributed by atoms with E-state index in [2.05, 4.69) is 38.4 Å². The van der Waals surface area contributed by atoms with Crippen LogP contribution in [0.5, 0.6) is 0 Å². The van der Waals surface area contributed by atoms with Gasteiger partial charge in [-0.25, -0.2) is 9.97 Å². The highest BCUT2D eigenvalue weighted by Crippen LogP contribution is 2.39. The van der Waals surface area contributed by atoms with Crippen LogP contribution in [-0.2, 0) is 17.6 Å². The Morgan fingerprint density at radius 3 is 2.78 bits per heavy atom. The summed E-state index contributed by atoms with van der Waals surface area (Å²) in [4.78, 5) is 28.5. The number of rotatable bonds is 4. The standard InChI is InChI=1S/C25H28N6O/c26-17-10-12-31(14-17)23-18-3-1-2-4-21(18)28-22-8-7-16(13-19(22)23)20-9-11-27-25(29-20)30-24(32)15-5-6-15/h7-9,11,13,15,17H,1-6,10,12,14,26H2,(H,27,29,30,32)/t17-/m0/s1. The molecule has 1 saturated carbocycles. The number of fused-ring (bicyclic) bond motifs is 2.